The molecule has 0 spiro atoms. The minimum atomic E-state index is -0.699. The Bertz CT molecular complexity index is 231. The lowest BCUT2D eigenvalue weighted by Crippen LogP contribution is -2.12. The van der Waals surface area contributed by atoms with Gasteiger partial charge in [0.05, 0.1) is 5.92 Å². The van der Waals surface area contributed by atoms with E-state index < -0.39 is 5.97 Å². The summed E-state index contributed by atoms with van der Waals surface area (Å²) in [5.41, 5.74) is 0. The van der Waals surface area contributed by atoms with Crippen molar-refractivity contribution >= 4 is 5.97 Å². The maximum Gasteiger partial charge on any atom is 0.306 e. The third-order valence-electron chi connectivity index (χ3n) is 2.76. The van der Waals surface area contributed by atoms with E-state index in [1.54, 1.807) is 6.92 Å². The van der Waals surface area contributed by atoms with Gasteiger partial charge in [0, 0.05) is 0 Å². The largest absolute Gasteiger partial charge is 0.481 e. The quantitative estimate of drug-likeness (QED) is 0.667. The van der Waals surface area contributed by atoms with E-state index in [-0.39, 0.29) is 5.92 Å². The first kappa shape index (κ1) is 15.2. The molecule has 0 aliphatic carbocycles. The predicted molar refractivity (Wildman–Crippen MR) is 68.3 cm³/mol. The van der Waals surface area contributed by atoms with Gasteiger partial charge in [0.25, 0.3) is 0 Å². The van der Waals surface area contributed by atoms with Crippen LogP contribution in [0.4, 0.5) is 0 Å². The monoisotopic (exact) mass is 226 g/mol. The molecule has 0 saturated heterocycles. The van der Waals surface area contributed by atoms with Gasteiger partial charge in [-0.2, -0.15) is 0 Å². The van der Waals surface area contributed by atoms with Crippen LogP contribution in [-0.4, -0.2) is 11.1 Å². The topological polar surface area (TPSA) is 37.3 Å². The van der Waals surface area contributed by atoms with Gasteiger partial charge < -0.3 is 5.11 Å². The molecule has 3 unspecified atom stereocenters. The van der Waals surface area contributed by atoms with Crippen molar-refractivity contribution in [3.63, 3.8) is 0 Å². The molecule has 0 aromatic carbocycles. The molecule has 94 valence electrons. The zero-order valence-electron chi connectivity index (χ0n) is 11.2. The molecule has 2 nitrogen and oxygen atoms in total. The molecule has 0 aliphatic rings. The number of hydrogen-bond donors (Lipinski definition) is 1. The summed E-state index contributed by atoms with van der Waals surface area (Å²) in [5, 5.41) is 8.80. The van der Waals surface area contributed by atoms with E-state index >= 15 is 0 Å². The number of carboxylic acid groups (broad SMARTS) is 1. The summed E-state index contributed by atoms with van der Waals surface area (Å²) in [7, 11) is 0. The Morgan fingerprint density at radius 1 is 1.00 bits per heavy atom. The van der Waals surface area contributed by atoms with E-state index in [0.717, 1.165) is 6.42 Å². The lowest BCUT2D eigenvalue weighted by Gasteiger charge is -2.12. The fourth-order valence-electron chi connectivity index (χ4n) is 1.94. The van der Waals surface area contributed by atoms with Gasteiger partial charge in [-0.15, -0.1) is 0 Å². The minimum Gasteiger partial charge on any atom is -0.481 e. The first-order valence-electron chi connectivity index (χ1n) is 6.24. The van der Waals surface area contributed by atoms with Crippen molar-refractivity contribution < 1.29 is 9.90 Å². The van der Waals surface area contributed by atoms with Crippen LogP contribution in [-0.2, 0) is 4.79 Å². The van der Waals surface area contributed by atoms with Gasteiger partial charge in [0.15, 0.2) is 0 Å². The molecule has 0 heterocycles. The highest BCUT2D eigenvalue weighted by molar-refractivity contribution is 5.69. The summed E-state index contributed by atoms with van der Waals surface area (Å²) in [6, 6.07) is 0. The zero-order valence-corrected chi connectivity index (χ0v) is 11.2. The average Bonchev–Trinajstić information content (AvgIpc) is 2.13. The lowest BCUT2D eigenvalue weighted by atomic mass is 9.93. The molecule has 0 aliphatic heterocycles. The molecular weight excluding hydrogens is 200 g/mol. The molecule has 0 aromatic heterocycles. The van der Waals surface area contributed by atoms with Crippen molar-refractivity contribution in [1.82, 2.24) is 0 Å². The fourth-order valence-corrected chi connectivity index (χ4v) is 1.94. The van der Waals surface area contributed by atoms with Gasteiger partial charge in [-0.05, 0) is 30.6 Å². The lowest BCUT2D eigenvalue weighted by molar-refractivity contribution is -0.141. The minimum absolute atomic E-state index is 0.250. The zero-order chi connectivity index (χ0) is 12.7. The highest BCUT2D eigenvalue weighted by Crippen LogP contribution is 2.17. The van der Waals surface area contributed by atoms with Gasteiger partial charge in [-0.25, -0.2) is 0 Å². The molecule has 0 bridgehead atoms. The normalized spacial score (nSPS) is 17.6. The number of allylic oxidation sites excluding steroid dienone is 2. The van der Waals surface area contributed by atoms with Crippen LogP contribution >= 0.6 is 0 Å². The van der Waals surface area contributed by atoms with E-state index in [0.29, 0.717) is 17.8 Å². The third kappa shape index (κ3) is 7.49. The number of carboxylic acids is 1. The maximum absolute atomic E-state index is 10.7. The van der Waals surface area contributed by atoms with Crippen LogP contribution in [0.3, 0.4) is 0 Å². The smallest absolute Gasteiger partial charge is 0.306 e. The Morgan fingerprint density at radius 3 is 1.81 bits per heavy atom. The van der Waals surface area contributed by atoms with Crippen LogP contribution in [0.15, 0.2) is 12.2 Å². The van der Waals surface area contributed by atoms with Gasteiger partial charge in [0.1, 0.15) is 0 Å². The molecule has 0 aromatic rings. The summed E-state index contributed by atoms with van der Waals surface area (Å²) in [4.78, 5) is 10.7. The van der Waals surface area contributed by atoms with E-state index in [4.69, 9.17) is 5.11 Å². The third-order valence-corrected chi connectivity index (χ3v) is 2.76. The molecule has 0 saturated carbocycles. The van der Waals surface area contributed by atoms with Gasteiger partial charge in [-0.1, -0.05) is 46.8 Å². The van der Waals surface area contributed by atoms with Crippen molar-refractivity contribution in [3.8, 4) is 0 Å². The Hall–Kier alpha value is -0.790. The molecule has 16 heavy (non-hydrogen) atoms. The van der Waals surface area contributed by atoms with Crippen LogP contribution in [0.1, 0.15) is 47.5 Å². The van der Waals surface area contributed by atoms with Gasteiger partial charge >= 0.3 is 5.97 Å². The van der Waals surface area contributed by atoms with Crippen molar-refractivity contribution in [1.29, 1.82) is 0 Å². The molecule has 0 radical (unpaired) electrons. The van der Waals surface area contributed by atoms with E-state index in [2.05, 4.69) is 39.8 Å². The standard InChI is InChI=1S/C14H26O2/c1-10(2)8-11(3)6-7-12(4)9-13(5)14(15)16/h6-7,10-13H,8-9H2,1-5H3,(H,15,16)/b7-6-. The van der Waals surface area contributed by atoms with Gasteiger partial charge in [0.2, 0.25) is 0 Å². The summed E-state index contributed by atoms with van der Waals surface area (Å²) < 4.78 is 0. The van der Waals surface area contributed by atoms with E-state index in [9.17, 15) is 4.79 Å². The number of aliphatic carboxylic acids is 1. The molecule has 2 heteroatoms. The van der Waals surface area contributed by atoms with Crippen molar-refractivity contribution in [2.45, 2.75) is 47.5 Å². The van der Waals surface area contributed by atoms with Crippen molar-refractivity contribution in [2.24, 2.45) is 23.7 Å². The summed E-state index contributed by atoms with van der Waals surface area (Å²) in [6.45, 7) is 10.5. The van der Waals surface area contributed by atoms with Crippen LogP contribution in [0.5, 0.6) is 0 Å². The Labute approximate surface area is 99.7 Å². The average molecular weight is 226 g/mol. The van der Waals surface area contributed by atoms with Crippen LogP contribution < -0.4 is 0 Å². The molecule has 1 N–H and O–H groups in total. The Kier molecular flexibility index (Phi) is 7.11. The highest BCUT2D eigenvalue weighted by Gasteiger charge is 2.13. The second kappa shape index (κ2) is 7.48. The summed E-state index contributed by atoms with van der Waals surface area (Å²) in [5.74, 6) is 0.701. The Balaban J connectivity index is 3.98. The van der Waals surface area contributed by atoms with Crippen LogP contribution in [0, 0.1) is 23.7 Å². The number of rotatable bonds is 7. The fraction of sp³-hybridized carbons (Fsp3) is 0.786. The summed E-state index contributed by atoms with van der Waals surface area (Å²) in [6.07, 6.45) is 6.30. The second-order valence-corrected chi connectivity index (χ2v) is 5.44. The molecule has 0 fully saturated rings. The Morgan fingerprint density at radius 2 is 1.44 bits per heavy atom. The first-order valence-corrected chi connectivity index (χ1v) is 6.24. The van der Waals surface area contributed by atoms with Crippen molar-refractivity contribution in [2.75, 3.05) is 0 Å². The molecule has 3 atom stereocenters. The number of hydrogen-bond acceptors (Lipinski definition) is 1. The SMILES string of the molecule is CC(C)CC(C)/C=C\C(C)CC(C)C(=O)O. The maximum atomic E-state index is 10.7. The van der Waals surface area contributed by atoms with Crippen molar-refractivity contribution in [3.05, 3.63) is 12.2 Å². The van der Waals surface area contributed by atoms with E-state index in [1.807, 2.05) is 0 Å². The van der Waals surface area contributed by atoms with Gasteiger partial charge in [-0.3, -0.25) is 4.79 Å². The highest BCUT2D eigenvalue weighted by atomic mass is 16.4. The predicted octanol–water partition coefficient (Wildman–Crippen LogP) is 3.97. The first-order chi connectivity index (χ1) is 7.32. The summed E-state index contributed by atoms with van der Waals surface area (Å²) >= 11 is 0. The number of carbonyl (C=O) groups is 1. The van der Waals surface area contributed by atoms with Crippen LogP contribution in [0.25, 0.3) is 0 Å². The molecular formula is C14H26O2. The second-order valence-electron chi connectivity index (χ2n) is 5.44. The van der Waals surface area contributed by atoms with E-state index in [1.165, 1.54) is 6.42 Å². The molecule has 0 amide bonds. The van der Waals surface area contributed by atoms with Crippen LogP contribution in [0.2, 0.25) is 0 Å². The molecule has 0 rings (SSSR count).